The molecule has 0 unspecified atom stereocenters. The summed E-state index contributed by atoms with van der Waals surface area (Å²) in [5, 5.41) is 8.49. The third-order valence-electron chi connectivity index (χ3n) is 5.09. The number of rotatable bonds is 4. The second-order valence-corrected chi connectivity index (χ2v) is 8.63. The van der Waals surface area contributed by atoms with Gasteiger partial charge >= 0.3 is 0 Å². The average Bonchev–Trinajstić information content (AvgIpc) is 3.34. The minimum absolute atomic E-state index is 0.183. The molecule has 0 radical (unpaired) electrons. The topological polar surface area (TPSA) is 129 Å². The molecule has 0 aliphatic heterocycles. The second kappa shape index (κ2) is 7.81. The highest BCUT2D eigenvalue weighted by molar-refractivity contribution is 7.19. The minimum Gasteiger partial charge on any atom is -0.366 e. The third kappa shape index (κ3) is 3.43. The van der Waals surface area contributed by atoms with Gasteiger partial charge in [0.1, 0.15) is 6.33 Å². The van der Waals surface area contributed by atoms with Crippen LogP contribution in [0.3, 0.4) is 0 Å². The van der Waals surface area contributed by atoms with Crippen LogP contribution in [-0.4, -0.2) is 36.5 Å². The van der Waals surface area contributed by atoms with E-state index in [0.717, 1.165) is 33.1 Å². The summed E-state index contributed by atoms with van der Waals surface area (Å²) in [5.74, 6) is -0.746. The molecule has 0 bridgehead atoms. The molecule has 4 aromatic rings. The van der Waals surface area contributed by atoms with Gasteiger partial charge in [0, 0.05) is 36.0 Å². The lowest BCUT2D eigenvalue weighted by Crippen LogP contribution is -2.11. The number of nitrogens with one attached hydrogen (secondary N) is 1. The summed E-state index contributed by atoms with van der Waals surface area (Å²) in [5.41, 5.74) is 10.6. The van der Waals surface area contributed by atoms with Gasteiger partial charge in [0.25, 0.3) is 0 Å². The van der Waals surface area contributed by atoms with Crippen molar-refractivity contribution < 1.29 is 9.59 Å². The molecule has 1 aromatic carbocycles. The van der Waals surface area contributed by atoms with E-state index in [1.807, 2.05) is 0 Å². The number of aromatic nitrogens is 5. The van der Waals surface area contributed by atoms with E-state index in [9.17, 15) is 9.59 Å². The number of nitrogens with zero attached hydrogens (tertiary/aromatic N) is 5. The Kier molecular flexibility index (Phi) is 4.95. The number of thiazole rings is 1. The van der Waals surface area contributed by atoms with Crippen LogP contribution in [0.4, 0.5) is 5.13 Å². The number of benzene rings is 1. The fourth-order valence-corrected chi connectivity index (χ4v) is 5.11. The Bertz CT molecular complexity index is 1380. The number of hydrogen-bond acceptors (Lipinski definition) is 7. The quantitative estimate of drug-likeness (QED) is 0.476. The van der Waals surface area contributed by atoms with Crippen LogP contribution in [0.25, 0.3) is 27.5 Å². The standard InChI is InChI=1S/C21H16ClN7O2S/c1-10(30)26-21-27-15-4-3-13-17(12-7-24-9-25-8-12)28-29(18(13)19(15)32-21)16-5-2-11(20(23)31)6-14(16)22/h2,5-9H,3-4H2,1H3,(H2,23,31)(H,26,27,30). The van der Waals surface area contributed by atoms with E-state index in [0.29, 0.717) is 34.2 Å². The molecule has 160 valence electrons. The van der Waals surface area contributed by atoms with Crippen molar-refractivity contribution in [1.29, 1.82) is 0 Å². The number of amides is 2. The maximum atomic E-state index is 11.6. The van der Waals surface area contributed by atoms with E-state index in [4.69, 9.17) is 22.4 Å². The number of fused-ring (bicyclic) bond motifs is 3. The molecule has 1 aliphatic rings. The fourth-order valence-electron chi connectivity index (χ4n) is 3.73. The van der Waals surface area contributed by atoms with Gasteiger partial charge in [0.15, 0.2) is 5.13 Å². The van der Waals surface area contributed by atoms with Gasteiger partial charge in [0.05, 0.1) is 32.7 Å². The van der Waals surface area contributed by atoms with E-state index < -0.39 is 5.91 Å². The summed E-state index contributed by atoms with van der Waals surface area (Å²) in [6.07, 6.45) is 6.30. The van der Waals surface area contributed by atoms with Gasteiger partial charge in [-0.05, 0) is 31.0 Å². The SMILES string of the molecule is CC(=O)Nc1nc2c(s1)-c1c(c(-c3cncnc3)nn1-c1ccc(C(N)=O)cc1Cl)CC2. The molecule has 0 saturated carbocycles. The van der Waals surface area contributed by atoms with Crippen LogP contribution in [0.15, 0.2) is 36.9 Å². The summed E-state index contributed by atoms with van der Waals surface area (Å²) in [7, 11) is 0. The molecule has 5 rings (SSSR count). The number of primary amides is 1. The Morgan fingerprint density at radius 2 is 2.00 bits per heavy atom. The Labute approximate surface area is 191 Å². The molecule has 1 aliphatic carbocycles. The normalized spacial score (nSPS) is 12.2. The van der Waals surface area contributed by atoms with Crippen molar-refractivity contribution in [3.8, 4) is 27.5 Å². The van der Waals surface area contributed by atoms with Crippen LogP contribution in [-0.2, 0) is 17.6 Å². The lowest BCUT2D eigenvalue weighted by molar-refractivity contribution is -0.114. The van der Waals surface area contributed by atoms with Crippen molar-refractivity contribution in [2.24, 2.45) is 5.73 Å². The number of carbonyl (C=O) groups excluding carboxylic acids is 2. The number of carbonyl (C=O) groups is 2. The van der Waals surface area contributed by atoms with Gasteiger partial charge in [0.2, 0.25) is 11.8 Å². The first-order valence-corrected chi connectivity index (χ1v) is 10.9. The number of aryl methyl sites for hydroxylation is 1. The highest BCUT2D eigenvalue weighted by atomic mass is 35.5. The lowest BCUT2D eigenvalue weighted by Gasteiger charge is -2.15. The monoisotopic (exact) mass is 465 g/mol. The third-order valence-corrected chi connectivity index (χ3v) is 6.41. The molecule has 0 atom stereocenters. The van der Waals surface area contributed by atoms with Gasteiger partial charge in [-0.15, -0.1) is 0 Å². The summed E-state index contributed by atoms with van der Waals surface area (Å²) >= 11 is 7.93. The average molecular weight is 466 g/mol. The number of halogens is 1. The van der Waals surface area contributed by atoms with E-state index in [1.54, 1.807) is 29.2 Å². The number of nitrogens with two attached hydrogens (primary N) is 1. The first-order valence-electron chi connectivity index (χ1n) is 9.67. The van der Waals surface area contributed by atoms with Gasteiger partial charge < -0.3 is 11.1 Å². The van der Waals surface area contributed by atoms with Gasteiger partial charge in [-0.2, -0.15) is 5.10 Å². The number of anilines is 1. The molecule has 0 fully saturated rings. The molecule has 3 aromatic heterocycles. The number of hydrogen-bond donors (Lipinski definition) is 2. The summed E-state index contributed by atoms with van der Waals surface area (Å²) in [6.45, 7) is 1.45. The first kappa shape index (κ1) is 20.3. The van der Waals surface area contributed by atoms with Gasteiger partial charge in [-0.25, -0.2) is 19.6 Å². The molecule has 32 heavy (non-hydrogen) atoms. The first-order chi connectivity index (χ1) is 15.4. The van der Waals surface area contributed by atoms with E-state index in [2.05, 4.69) is 20.3 Å². The maximum Gasteiger partial charge on any atom is 0.248 e. The van der Waals surface area contributed by atoms with Crippen molar-refractivity contribution >= 4 is 39.9 Å². The predicted octanol–water partition coefficient (Wildman–Crippen LogP) is 3.26. The van der Waals surface area contributed by atoms with E-state index in [-0.39, 0.29) is 5.91 Å². The molecular weight excluding hydrogens is 450 g/mol. The molecule has 0 saturated heterocycles. The van der Waals surface area contributed by atoms with Crippen molar-refractivity contribution in [2.45, 2.75) is 19.8 Å². The minimum atomic E-state index is -0.562. The van der Waals surface area contributed by atoms with Crippen LogP contribution in [0.2, 0.25) is 5.02 Å². The zero-order valence-corrected chi connectivity index (χ0v) is 18.4. The molecular formula is C21H16ClN7O2S. The molecule has 2 amide bonds. The lowest BCUT2D eigenvalue weighted by atomic mass is 9.96. The summed E-state index contributed by atoms with van der Waals surface area (Å²) in [4.78, 5) is 36.9. The summed E-state index contributed by atoms with van der Waals surface area (Å²) in [6, 6.07) is 4.85. The van der Waals surface area contributed by atoms with Crippen molar-refractivity contribution in [1.82, 2.24) is 24.7 Å². The zero-order valence-electron chi connectivity index (χ0n) is 16.8. The maximum absolute atomic E-state index is 11.6. The molecule has 3 N–H and O–H groups in total. The van der Waals surface area contributed by atoms with Crippen LogP contribution in [0, 0.1) is 0 Å². The molecule has 9 nitrogen and oxygen atoms in total. The second-order valence-electron chi connectivity index (χ2n) is 7.22. The fraction of sp³-hybridized carbons (Fsp3) is 0.143. The highest BCUT2D eigenvalue weighted by Gasteiger charge is 2.30. The van der Waals surface area contributed by atoms with Crippen LogP contribution < -0.4 is 11.1 Å². The molecule has 0 spiro atoms. The smallest absolute Gasteiger partial charge is 0.248 e. The van der Waals surface area contributed by atoms with E-state index >= 15 is 0 Å². The van der Waals surface area contributed by atoms with Crippen LogP contribution in [0.5, 0.6) is 0 Å². The summed E-state index contributed by atoms with van der Waals surface area (Å²) < 4.78 is 1.75. The Morgan fingerprint density at radius 3 is 2.69 bits per heavy atom. The van der Waals surface area contributed by atoms with E-state index in [1.165, 1.54) is 30.7 Å². The van der Waals surface area contributed by atoms with Gasteiger partial charge in [-0.3, -0.25) is 9.59 Å². The van der Waals surface area contributed by atoms with Crippen LogP contribution in [0.1, 0.15) is 28.5 Å². The van der Waals surface area contributed by atoms with Crippen LogP contribution >= 0.6 is 22.9 Å². The van der Waals surface area contributed by atoms with Crippen molar-refractivity contribution in [3.05, 3.63) is 58.8 Å². The highest BCUT2D eigenvalue weighted by Crippen LogP contribution is 2.44. The Hall–Kier alpha value is -3.63. The molecule has 3 heterocycles. The molecule has 11 heteroatoms. The van der Waals surface area contributed by atoms with Gasteiger partial charge in [-0.1, -0.05) is 22.9 Å². The zero-order chi connectivity index (χ0) is 22.4. The van der Waals surface area contributed by atoms with Crippen molar-refractivity contribution in [2.75, 3.05) is 5.32 Å². The predicted molar refractivity (Wildman–Crippen MR) is 121 cm³/mol. The Balaban J connectivity index is 1.75. The Morgan fingerprint density at radius 1 is 1.22 bits per heavy atom. The van der Waals surface area contributed by atoms with Crippen molar-refractivity contribution in [3.63, 3.8) is 0 Å². The largest absolute Gasteiger partial charge is 0.366 e.